The van der Waals surface area contributed by atoms with E-state index in [1.54, 1.807) is 6.92 Å². The molecule has 0 saturated carbocycles. The molecule has 0 fully saturated rings. The maximum atomic E-state index is 13.6. The van der Waals surface area contributed by atoms with Crippen LogP contribution in [0.2, 0.25) is 0 Å². The smallest absolute Gasteiger partial charge is 0.238 e. The lowest BCUT2D eigenvalue weighted by Crippen LogP contribution is -2.22. The van der Waals surface area contributed by atoms with Crippen LogP contribution in [-0.2, 0) is 14.8 Å². The topological polar surface area (TPSA) is 89.3 Å². The van der Waals surface area contributed by atoms with Gasteiger partial charge in [0, 0.05) is 10.6 Å². The van der Waals surface area contributed by atoms with Gasteiger partial charge in [0.05, 0.1) is 10.1 Å². The minimum atomic E-state index is -3.81. The van der Waals surface area contributed by atoms with Gasteiger partial charge in [0.1, 0.15) is 11.6 Å². The van der Waals surface area contributed by atoms with Gasteiger partial charge >= 0.3 is 0 Å². The maximum Gasteiger partial charge on any atom is 0.238 e. The Balaban J connectivity index is 2.05. The van der Waals surface area contributed by atoms with Gasteiger partial charge < -0.3 is 5.32 Å². The van der Waals surface area contributed by atoms with E-state index in [1.165, 1.54) is 24.3 Å². The highest BCUT2D eigenvalue weighted by atomic mass is 32.2. The number of hydrogen-bond acceptors (Lipinski definition) is 4. The average molecular weight is 372 g/mol. The van der Waals surface area contributed by atoms with Gasteiger partial charge in [0.15, 0.2) is 0 Å². The number of primary sulfonamides is 1. The summed E-state index contributed by atoms with van der Waals surface area (Å²) < 4.78 is 49.0. The first kappa shape index (κ1) is 18.4. The van der Waals surface area contributed by atoms with E-state index in [0.717, 1.165) is 30.0 Å². The Morgan fingerprint density at radius 3 is 2.38 bits per heavy atom. The van der Waals surface area contributed by atoms with Crippen LogP contribution < -0.4 is 10.5 Å². The van der Waals surface area contributed by atoms with Crippen molar-refractivity contribution in [2.45, 2.75) is 22.0 Å². The molecule has 24 heavy (non-hydrogen) atoms. The third-order valence-corrected chi connectivity index (χ3v) is 5.08. The van der Waals surface area contributed by atoms with E-state index in [2.05, 4.69) is 5.32 Å². The van der Waals surface area contributed by atoms with Crippen LogP contribution >= 0.6 is 11.8 Å². The van der Waals surface area contributed by atoms with Gasteiger partial charge in [-0.1, -0.05) is 0 Å². The summed E-state index contributed by atoms with van der Waals surface area (Å²) in [5.74, 6) is -1.64. The second-order valence-electron chi connectivity index (χ2n) is 4.89. The van der Waals surface area contributed by atoms with Crippen LogP contribution in [0.4, 0.5) is 14.5 Å². The zero-order valence-electron chi connectivity index (χ0n) is 12.5. The Morgan fingerprint density at radius 2 is 1.79 bits per heavy atom. The van der Waals surface area contributed by atoms with E-state index in [-0.39, 0.29) is 9.79 Å². The molecule has 0 heterocycles. The zero-order valence-corrected chi connectivity index (χ0v) is 14.1. The lowest BCUT2D eigenvalue weighted by molar-refractivity contribution is -0.115. The fourth-order valence-electron chi connectivity index (χ4n) is 1.78. The number of nitrogens with one attached hydrogen (secondary N) is 1. The van der Waals surface area contributed by atoms with Crippen molar-refractivity contribution in [1.29, 1.82) is 0 Å². The molecule has 2 rings (SSSR count). The molecule has 0 aromatic heterocycles. The highest BCUT2D eigenvalue weighted by molar-refractivity contribution is 8.00. The molecule has 2 aromatic carbocycles. The van der Waals surface area contributed by atoms with Gasteiger partial charge in [0.25, 0.3) is 0 Å². The second kappa shape index (κ2) is 7.29. The molecular formula is C15H14F2N2O3S2. The highest BCUT2D eigenvalue weighted by Crippen LogP contribution is 2.27. The number of thioether (sulfide) groups is 1. The molecule has 0 bridgehead atoms. The molecule has 1 amide bonds. The Bertz CT molecular complexity index is 856. The number of anilines is 1. The first-order chi connectivity index (χ1) is 11.2. The number of amides is 1. The lowest BCUT2D eigenvalue weighted by atomic mass is 10.3. The third-order valence-electron chi connectivity index (χ3n) is 3.02. The van der Waals surface area contributed by atoms with Gasteiger partial charge in [-0.15, -0.1) is 11.8 Å². The minimum absolute atomic E-state index is 0.0298. The van der Waals surface area contributed by atoms with Crippen LogP contribution in [-0.4, -0.2) is 19.6 Å². The molecule has 0 aliphatic rings. The van der Waals surface area contributed by atoms with Crippen LogP contribution in [0.1, 0.15) is 6.92 Å². The normalized spacial score (nSPS) is 12.7. The van der Waals surface area contributed by atoms with E-state index in [1.807, 2.05) is 0 Å². The molecular weight excluding hydrogens is 358 g/mol. The molecule has 0 unspecified atom stereocenters. The van der Waals surface area contributed by atoms with Crippen molar-refractivity contribution in [2.24, 2.45) is 5.14 Å². The molecule has 3 N–H and O–H groups in total. The Hall–Kier alpha value is -1.97. The van der Waals surface area contributed by atoms with Gasteiger partial charge in [0.2, 0.25) is 15.9 Å². The summed E-state index contributed by atoms with van der Waals surface area (Å²) in [7, 11) is -3.81. The molecule has 0 aliphatic carbocycles. The number of benzene rings is 2. The summed E-state index contributed by atoms with van der Waals surface area (Å²) in [6.07, 6.45) is 0. The van der Waals surface area contributed by atoms with Crippen molar-refractivity contribution in [3.05, 3.63) is 54.1 Å². The monoisotopic (exact) mass is 372 g/mol. The predicted molar refractivity (Wildman–Crippen MR) is 88.1 cm³/mol. The number of rotatable bonds is 5. The van der Waals surface area contributed by atoms with E-state index in [0.29, 0.717) is 5.69 Å². The van der Waals surface area contributed by atoms with Crippen molar-refractivity contribution >= 4 is 33.4 Å². The van der Waals surface area contributed by atoms with Gasteiger partial charge in [-0.25, -0.2) is 22.3 Å². The van der Waals surface area contributed by atoms with Crippen molar-refractivity contribution in [2.75, 3.05) is 5.32 Å². The van der Waals surface area contributed by atoms with E-state index < -0.39 is 32.8 Å². The molecule has 0 aliphatic heterocycles. The molecule has 1 atom stereocenters. The molecule has 0 radical (unpaired) electrons. The number of hydrogen-bond donors (Lipinski definition) is 2. The summed E-state index contributed by atoms with van der Waals surface area (Å²) in [6, 6.07) is 8.30. The quantitative estimate of drug-likeness (QED) is 0.790. The van der Waals surface area contributed by atoms with E-state index in [9.17, 15) is 22.0 Å². The largest absolute Gasteiger partial charge is 0.325 e. The molecule has 5 nitrogen and oxygen atoms in total. The molecule has 128 valence electrons. The summed E-state index contributed by atoms with van der Waals surface area (Å²) in [5.41, 5.74) is 0.361. The minimum Gasteiger partial charge on any atom is -0.325 e. The van der Waals surface area contributed by atoms with Crippen molar-refractivity contribution < 1.29 is 22.0 Å². The van der Waals surface area contributed by atoms with Crippen LogP contribution in [0.15, 0.2) is 52.3 Å². The van der Waals surface area contributed by atoms with Gasteiger partial charge in [-0.05, 0) is 49.4 Å². The standard InChI is InChI=1S/C15H14F2N2O3S2/c1-9(23-14-8-10(16)2-7-13(14)17)15(20)19-11-3-5-12(6-4-11)24(18,21)22/h2-9H,1H3,(H,19,20)(H2,18,21,22)/t9-/m0/s1. The average Bonchev–Trinajstić information content (AvgIpc) is 2.50. The zero-order chi connectivity index (χ0) is 17.9. The fraction of sp³-hybridized carbons (Fsp3) is 0.133. The Morgan fingerprint density at radius 1 is 1.17 bits per heavy atom. The van der Waals surface area contributed by atoms with Crippen molar-refractivity contribution in [1.82, 2.24) is 0 Å². The number of halogens is 2. The molecule has 0 saturated heterocycles. The predicted octanol–water partition coefficient (Wildman–Crippen LogP) is 2.73. The molecule has 9 heteroatoms. The van der Waals surface area contributed by atoms with Crippen LogP contribution in [0.5, 0.6) is 0 Å². The number of carbonyl (C=O) groups is 1. The number of nitrogens with two attached hydrogens (primary N) is 1. The van der Waals surface area contributed by atoms with Gasteiger partial charge in [-0.2, -0.15) is 0 Å². The summed E-state index contributed by atoms with van der Waals surface area (Å²) >= 11 is 0.876. The SMILES string of the molecule is C[C@H](Sc1cc(F)ccc1F)C(=O)Nc1ccc(S(N)(=O)=O)cc1. The van der Waals surface area contributed by atoms with Gasteiger partial charge in [-0.3, -0.25) is 4.79 Å². The van der Waals surface area contributed by atoms with E-state index in [4.69, 9.17) is 5.14 Å². The van der Waals surface area contributed by atoms with Crippen LogP contribution in [0.3, 0.4) is 0 Å². The summed E-state index contributed by atoms with van der Waals surface area (Å²) in [5, 5.41) is 6.85. The third kappa shape index (κ3) is 4.76. The second-order valence-corrected chi connectivity index (χ2v) is 7.84. The first-order valence-electron chi connectivity index (χ1n) is 6.72. The summed E-state index contributed by atoms with van der Waals surface area (Å²) in [4.78, 5) is 12.1. The summed E-state index contributed by atoms with van der Waals surface area (Å²) in [6.45, 7) is 1.54. The first-order valence-corrected chi connectivity index (χ1v) is 9.15. The van der Waals surface area contributed by atoms with Crippen LogP contribution in [0, 0.1) is 11.6 Å². The van der Waals surface area contributed by atoms with Crippen molar-refractivity contribution in [3.8, 4) is 0 Å². The Kier molecular flexibility index (Phi) is 5.58. The highest BCUT2D eigenvalue weighted by Gasteiger charge is 2.17. The molecule has 0 spiro atoms. The maximum absolute atomic E-state index is 13.6. The fourth-order valence-corrected chi connectivity index (χ4v) is 3.21. The molecule has 2 aromatic rings. The number of sulfonamides is 1. The number of carbonyl (C=O) groups excluding carboxylic acids is 1. The lowest BCUT2D eigenvalue weighted by Gasteiger charge is -2.13. The van der Waals surface area contributed by atoms with E-state index >= 15 is 0 Å². The Labute approximate surface area is 142 Å². The van der Waals surface area contributed by atoms with Crippen molar-refractivity contribution in [3.63, 3.8) is 0 Å². The van der Waals surface area contributed by atoms with Crippen LogP contribution in [0.25, 0.3) is 0 Å².